The fourth-order valence-electron chi connectivity index (χ4n) is 4.34. The third-order valence-electron chi connectivity index (χ3n) is 5.85. The van der Waals surface area contributed by atoms with Crippen molar-refractivity contribution in [3.63, 3.8) is 0 Å². The first-order valence-corrected chi connectivity index (χ1v) is 9.82. The molecule has 1 saturated heterocycles. The molecule has 3 atom stereocenters. The fourth-order valence-corrected chi connectivity index (χ4v) is 4.34. The Labute approximate surface area is 164 Å². The lowest BCUT2D eigenvalue weighted by atomic mass is 9.85. The summed E-state index contributed by atoms with van der Waals surface area (Å²) in [5.74, 6) is -1.86. The normalized spacial score (nSPS) is 24.5. The smallest absolute Gasteiger partial charge is 0.312 e. The van der Waals surface area contributed by atoms with Crippen LogP contribution in [0.4, 0.5) is 0 Å². The first-order chi connectivity index (χ1) is 13.5. The minimum Gasteiger partial charge on any atom is -0.481 e. The van der Waals surface area contributed by atoms with Gasteiger partial charge in [0.2, 0.25) is 5.91 Å². The molecule has 2 aromatic carbocycles. The Morgan fingerprint density at radius 2 is 1.86 bits per heavy atom. The molecule has 1 N–H and O–H groups in total. The molecular formula is C23H25NO4. The number of amides is 1. The average Bonchev–Trinajstić information content (AvgIpc) is 2.73. The molecule has 2 aromatic rings. The number of benzene rings is 2. The van der Waals surface area contributed by atoms with E-state index in [9.17, 15) is 14.7 Å². The summed E-state index contributed by atoms with van der Waals surface area (Å²) in [5, 5.41) is 9.69. The lowest BCUT2D eigenvalue weighted by molar-refractivity contribution is -0.148. The SMILES string of the molecule is Cc1ccc(C2OCCCC2C(=O)N2Cc3ccccc3C(C(=O)O)C2)cc1. The monoisotopic (exact) mass is 379 g/mol. The van der Waals surface area contributed by atoms with Crippen molar-refractivity contribution in [1.82, 2.24) is 4.90 Å². The van der Waals surface area contributed by atoms with Crippen LogP contribution in [0.3, 0.4) is 0 Å². The van der Waals surface area contributed by atoms with Crippen LogP contribution in [0.25, 0.3) is 0 Å². The van der Waals surface area contributed by atoms with Gasteiger partial charge < -0.3 is 14.7 Å². The average molecular weight is 379 g/mol. The number of aliphatic carboxylic acids is 1. The third kappa shape index (κ3) is 3.54. The fraction of sp³-hybridized carbons (Fsp3) is 0.391. The molecule has 1 amide bonds. The van der Waals surface area contributed by atoms with Crippen molar-refractivity contribution < 1.29 is 19.4 Å². The van der Waals surface area contributed by atoms with Gasteiger partial charge in [-0.1, -0.05) is 54.1 Å². The highest BCUT2D eigenvalue weighted by Crippen LogP contribution is 2.37. The van der Waals surface area contributed by atoms with Crippen LogP contribution in [-0.4, -0.2) is 35.0 Å². The maximum Gasteiger partial charge on any atom is 0.312 e. The highest BCUT2D eigenvalue weighted by atomic mass is 16.5. The Morgan fingerprint density at radius 3 is 2.61 bits per heavy atom. The van der Waals surface area contributed by atoms with E-state index in [0.717, 1.165) is 29.5 Å². The number of carboxylic acids is 1. The van der Waals surface area contributed by atoms with Gasteiger partial charge in [-0.15, -0.1) is 0 Å². The van der Waals surface area contributed by atoms with Gasteiger partial charge >= 0.3 is 5.97 Å². The van der Waals surface area contributed by atoms with E-state index in [1.807, 2.05) is 55.5 Å². The largest absolute Gasteiger partial charge is 0.481 e. The van der Waals surface area contributed by atoms with Gasteiger partial charge in [-0.2, -0.15) is 0 Å². The summed E-state index contributed by atoms with van der Waals surface area (Å²) in [6.45, 7) is 3.34. The maximum absolute atomic E-state index is 13.4. The minimum absolute atomic E-state index is 0.00831. The van der Waals surface area contributed by atoms with E-state index in [2.05, 4.69) is 0 Å². The molecule has 5 heteroatoms. The molecule has 0 aliphatic carbocycles. The Kier molecular flexibility index (Phi) is 5.18. The number of fused-ring (bicyclic) bond motifs is 1. The van der Waals surface area contributed by atoms with E-state index in [1.54, 1.807) is 4.90 Å². The summed E-state index contributed by atoms with van der Waals surface area (Å²) < 4.78 is 6.01. The second kappa shape index (κ2) is 7.76. The van der Waals surface area contributed by atoms with E-state index >= 15 is 0 Å². The van der Waals surface area contributed by atoms with Gasteiger partial charge in [0.05, 0.1) is 17.9 Å². The molecule has 4 rings (SSSR count). The van der Waals surface area contributed by atoms with Crippen LogP contribution >= 0.6 is 0 Å². The Bertz CT molecular complexity index is 876. The highest BCUT2D eigenvalue weighted by Gasteiger charge is 2.39. The van der Waals surface area contributed by atoms with Crippen molar-refractivity contribution >= 4 is 11.9 Å². The van der Waals surface area contributed by atoms with Gasteiger partial charge in [-0.05, 0) is 36.5 Å². The number of hydrogen-bond donors (Lipinski definition) is 1. The van der Waals surface area contributed by atoms with Crippen LogP contribution in [0.15, 0.2) is 48.5 Å². The maximum atomic E-state index is 13.4. The van der Waals surface area contributed by atoms with Crippen LogP contribution in [0, 0.1) is 12.8 Å². The summed E-state index contributed by atoms with van der Waals surface area (Å²) in [6.07, 6.45) is 1.32. The molecule has 0 aromatic heterocycles. The Hall–Kier alpha value is -2.66. The van der Waals surface area contributed by atoms with Crippen molar-refractivity contribution in [3.8, 4) is 0 Å². The Morgan fingerprint density at radius 1 is 1.11 bits per heavy atom. The lowest BCUT2D eigenvalue weighted by Crippen LogP contribution is -2.45. The number of carbonyl (C=O) groups excluding carboxylic acids is 1. The number of ether oxygens (including phenoxy) is 1. The summed E-state index contributed by atoms with van der Waals surface area (Å²) in [5.41, 5.74) is 3.90. The molecule has 0 spiro atoms. The molecule has 0 saturated carbocycles. The summed E-state index contributed by atoms with van der Waals surface area (Å²) in [7, 11) is 0. The number of aryl methyl sites for hydroxylation is 1. The van der Waals surface area contributed by atoms with Gasteiger partial charge in [0, 0.05) is 19.7 Å². The topological polar surface area (TPSA) is 66.8 Å². The van der Waals surface area contributed by atoms with Crippen LogP contribution in [0.5, 0.6) is 0 Å². The number of carboxylic acid groups (broad SMARTS) is 1. The van der Waals surface area contributed by atoms with Gasteiger partial charge in [-0.25, -0.2) is 0 Å². The first kappa shape index (κ1) is 18.7. The van der Waals surface area contributed by atoms with Crippen molar-refractivity contribution in [3.05, 3.63) is 70.8 Å². The van der Waals surface area contributed by atoms with Crippen LogP contribution < -0.4 is 0 Å². The standard InChI is InChI=1S/C23H25NO4/c1-15-8-10-16(11-9-15)21-19(7-4-12-28-21)22(25)24-13-17-5-2-3-6-18(17)20(14-24)23(26)27/h2-3,5-6,8-11,19-21H,4,7,12-14H2,1H3,(H,26,27). The summed E-state index contributed by atoms with van der Waals surface area (Å²) in [6, 6.07) is 15.6. The zero-order valence-electron chi connectivity index (χ0n) is 16.0. The minimum atomic E-state index is -0.889. The highest BCUT2D eigenvalue weighted by molar-refractivity contribution is 5.83. The van der Waals surface area contributed by atoms with Gasteiger partial charge in [-0.3, -0.25) is 9.59 Å². The molecule has 2 aliphatic rings. The Balaban J connectivity index is 1.60. The molecule has 2 heterocycles. The van der Waals surface area contributed by atoms with Crippen molar-refractivity contribution in [2.75, 3.05) is 13.2 Å². The number of hydrogen-bond acceptors (Lipinski definition) is 3. The second-order valence-electron chi connectivity index (χ2n) is 7.76. The van der Waals surface area contributed by atoms with Crippen LogP contribution in [0.1, 0.15) is 47.1 Å². The summed E-state index contributed by atoms with van der Waals surface area (Å²) in [4.78, 5) is 27.0. The van der Waals surface area contributed by atoms with Crippen molar-refractivity contribution in [2.45, 2.75) is 38.3 Å². The molecule has 2 aliphatic heterocycles. The molecule has 1 fully saturated rings. The van der Waals surface area contributed by atoms with Gasteiger partial charge in [0.1, 0.15) is 0 Å². The first-order valence-electron chi connectivity index (χ1n) is 9.82. The van der Waals surface area contributed by atoms with Crippen molar-refractivity contribution in [1.29, 1.82) is 0 Å². The molecule has 28 heavy (non-hydrogen) atoms. The lowest BCUT2D eigenvalue weighted by Gasteiger charge is -2.38. The van der Waals surface area contributed by atoms with E-state index in [-0.39, 0.29) is 24.5 Å². The zero-order valence-corrected chi connectivity index (χ0v) is 16.0. The van der Waals surface area contributed by atoms with Gasteiger partial charge in [0.15, 0.2) is 0 Å². The molecule has 5 nitrogen and oxygen atoms in total. The van der Waals surface area contributed by atoms with Gasteiger partial charge in [0.25, 0.3) is 0 Å². The molecular weight excluding hydrogens is 354 g/mol. The van der Waals surface area contributed by atoms with Crippen LogP contribution in [-0.2, 0) is 20.9 Å². The second-order valence-corrected chi connectivity index (χ2v) is 7.76. The van der Waals surface area contributed by atoms with Crippen LogP contribution in [0.2, 0.25) is 0 Å². The van der Waals surface area contributed by atoms with E-state index in [0.29, 0.717) is 13.2 Å². The number of nitrogens with zero attached hydrogens (tertiary/aromatic N) is 1. The predicted molar refractivity (Wildman–Crippen MR) is 105 cm³/mol. The summed E-state index contributed by atoms with van der Waals surface area (Å²) >= 11 is 0. The molecule has 0 bridgehead atoms. The van der Waals surface area contributed by atoms with E-state index in [1.165, 1.54) is 5.56 Å². The predicted octanol–water partition coefficient (Wildman–Crippen LogP) is 3.67. The van der Waals surface area contributed by atoms with E-state index in [4.69, 9.17) is 4.74 Å². The third-order valence-corrected chi connectivity index (χ3v) is 5.85. The quantitative estimate of drug-likeness (QED) is 0.884. The van der Waals surface area contributed by atoms with E-state index < -0.39 is 11.9 Å². The zero-order chi connectivity index (χ0) is 19.7. The number of carbonyl (C=O) groups is 2. The molecule has 3 unspecified atom stereocenters. The molecule has 146 valence electrons. The van der Waals surface area contributed by atoms with Crippen molar-refractivity contribution in [2.24, 2.45) is 5.92 Å². The molecule has 0 radical (unpaired) electrons. The number of rotatable bonds is 3.